The first-order chi connectivity index (χ1) is 11.9. The summed E-state index contributed by atoms with van der Waals surface area (Å²) in [4.78, 5) is 0. The van der Waals surface area contributed by atoms with Gasteiger partial charge in [0.1, 0.15) is 0 Å². The Labute approximate surface area is 144 Å². The second-order valence-electron chi connectivity index (χ2n) is 5.82. The van der Waals surface area contributed by atoms with Crippen molar-refractivity contribution in [2.45, 2.75) is 25.7 Å². The predicted molar refractivity (Wildman–Crippen MR) is 101 cm³/mol. The molecule has 0 aliphatic heterocycles. The van der Waals surface area contributed by atoms with Gasteiger partial charge in [-0.1, -0.05) is 60.1 Å². The van der Waals surface area contributed by atoms with E-state index in [2.05, 4.69) is 35.8 Å². The molecule has 0 atom stereocenters. The standard InChI is InChI=1S/C24H20/c1-3-11-21(12-4-1)15-9-19-23-17-7-8-18-24(23)20-10-16-22-13-5-2-6-14-22/h1-6,11-14,19-20H,7-8,17-18H2/b23-19-,24-20+. The summed E-state index contributed by atoms with van der Waals surface area (Å²) in [5.74, 6) is 12.8. The summed E-state index contributed by atoms with van der Waals surface area (Å²) < 4.78 is 0. The molecule has 0 heterocycles. The van der Waals surface area contributed by atoms with Crippen molar-refractivity contribution in [3.8, 4) is 23.7 Å². The Balaban J connectivity index is 1.76. The molecular weight excluding hydrogens is 288 g/mol. The maximum absolute atomic E-state index is 3.21. The Bertz CT molecular complexity index is 769. The molecular formula is C24H20. The van der Waals surface area contributed by atoms with Crippen LogP contribution in [0.4, 0.5) is 0 Å². The van der Waals surface area contributed by atoms with E-state index in [9.17, 15) is 0 Å². The molecule has 1 saturated carbocycles. The number of rotatable bonds is 0. The van der Waals surface area contributed by atoms with E-state index in [1.165, 1.54) is 24.0 Å². The van der Waals surface area contributed by atoms with Crippen LogP contribution in [0.15, 0.2) is 84.0 Å². The number of hydrogen-bond acceptors (Lipinski definition) is 0. The van der Waals surface area contributed by atoms with Crippen LogP contribution in [0.2, 0.25) is 0 Å². The molecule has 0 saturated heterocycles. The molecule has 0 radical (unpaired) electrons. The third kappa shape index (κ3) is 4.77. The minimum atomic E-state index is 1.06. The monoisotopic (exact) mass is 308 g/mol. The Morgan fingerprint density at radius 2 is 1.00 bits per heavy atom. The Morgan fingerprint density at radius 1 is 0.583 bits per heavy atom. The fourth-order valence-electron chi connectivity index (χ4n) is 2.74. The van der Waals surface area contributed by atoms with Gasteiger partial charge in [0.15, 0.2) is 0 Å². The van der Waals surface area contributed by atoms with Crippen LogP contribution in [0.25, 0.3) is 0 Å². The van der Waals surface area contributed by atoms with Crippen molar-refractivity contribution < 1.29 is 0 Å². The number of allylic oxidation sites excluding steroid dienone is 4. The molecule has 1 aliphatic rings. The molecule has 2 aromatic carbocycles. The molecule has 0 spiro atoms. The number of benzene rings is 2. The molecule has 116 valence electrons. The third-order valence-electron chi connectivity index (χ3n) is 4.03. The number of hydrogen-bond donors (Lipinski definition) is 0. The van der Waals surface area contributed by atoms with Gasteiger partial charge in [0.05, 0.1) is 0 Å². The summed E-state index contributed by atoms with van der Waals surface area (Å²) >= 11 is 0. The van der Waals surface area contributed by atoms with Crippen LogP contribution in [0.5, 0.6) is 0 Å². The lowest BCUT2D eigenvalue weighted by Gasteiger charge is -2.16. The van der Waals surface area contributed by atoms with Crippen LogP contribution in [0.1, 0.15) is 36.8 Å². The quantitative estimate of drug-likeness (QED) is 0.562. The van der Waals surface area contributed by atoms with Gasteiger partial charge in [-0.15, -0.1) is 0 Å². The van der Waals surface area contributed by atoms with Crippen molar-refractivity contribution in [1.82, 2.24) is 0 Å². The summed E-state index contributed by atoms with van der Waals surface area (Å²) in [5.41, 5.74) is 4.79. The lowest BCUT2D eigenvalue weighted by atomic mass is 9.89. The average Bonchev–Trinajstić information content (AvgIpc) is 2.65. The Kier molecular flexibility index (Phi) is 5.71. The zero-order chi connectivity index (χ0) is 16.5. The van der Waals surface area contributed by atoms with Crippen LogP contribution in [0, 0.1) is 23.7 Å². The van der Waals surface area contributed by atoms with Crippen LogP contribution in [0.3, 0.4) is 0 Å². The zero-order valence-corrected chi connectivity index (χ0v) is 13.8. The Morgan fingerprint density at radius 3 is 1.42 bits per heavy atom. The highest BCUT2D eigenvalue weighted by Crippen LogP contribution is 2.28. The van der Waals surface area contributed by atoms with E-state index in [0.29, 0.717) is 0 Å². The van der Waals surface area contributed by atoms with Crippen molar-refractivity contribution in [3.05, 3.63) is 95.1 Å². The van der Waals surface area contributed by atoms with Gasteiger partial charge in [0.2, 0.25) is 0 Å². The maximum Gasteiger partial charge on any atom is 0.0248 e. The van der Waals surface area contributed by atoms with Crippen LogP contribution in [-0.4, -0.2) is 0 Å². The molecule has 3 rings (SSSR count). The van der Waals surface area contributed by atoms with Crippen LogP contribution in [-0.2, 0) is 0 Å². The van der Waals surface area contributed by atoms with E-state index in [-0.39, 0.29) is 0 Å². The van der Waals surface area contributed by atoms with E-state index in [4.69, 9.17) is 0 Å². The molecule has 0 aromatic heterocycles. The fraction of sp³-hybridized carbons (Fsp3) is 0.167. The van der Waals surface area contributed by atoms with Crippen molar-refractivity contribution in [2.75, 3.05) is 0 Å². The maximum atomic E-state index is 3.21. The first-order valence-electron chi connectivity index (χ1n) is 8.43. The minimum Gasteiger partial charge on any atom is -0.0693 e. The van der Waals surface area contributed by atoms with E-state index < -0.39 is 0 Å². The lowest BCUT2D eigenvalue weighted by molar-refractivity contribution is 0.680. The molecule has 24 heavy (non-hydrogen) atoms. The topological polar surface area (TPSA) is 0 Å². The van der Waals surface area contributed by atoms with Crippen molar-refractivity contribution in [1.29, 1.82) is 0 Å². The average molecular weight is 308 g/mol. The normalized spacial score (nSPS) is 16.8. The highest BCUT2D eigenvalue weighted by molar-refractivity contribution is 5.46. The highest BCUT2D eigenvalue weighted by Gasteiger charge is 2.10. The van der Waals surface area contributed by atoms with Crippen LogP contribution >= 0.6 is 0 Å². The van der Waals surface area contributed by atoms with Gasteiger partial charge >= 0.3 is 0 Å². The summed E-state index contributed by atoms with van der Waals surface area (Å²) in [5, 5.41) is 0. The molecule has 1 fully saturated rings. The summed E-state index contributed by atoms with van der Waals surface area (Å²) in [6, 6.07) is 20.2. The van der Waals surface area contributed by atoms with Gasteiger partial charge in [-0.3, -0.25) is 0 Å². The smallest absolute Gasteiger partial charge is 0.0248 e. The summed E-state index contributed by atoms with van der Waals surface area (Å²) in [6.45, 7) is 0. The molecule has 0 nitrogen and oxygen atoms in total. The first kappa shape index (κ1) is 15.9. The van der Waals surface area contributed by atoms with Crippen molar-refractivity contribution in [3.63, 3.8) is 0 Å². The zero-order valence-electron chi connectivity index (χ0n) is 13.8. The predicted octanol–water partition coefficient (Wildman–Crippen LogP) is 5.52. The van der Waals surface area contributed by atoms with Gasteiger partial charge in [0.25, 0.3) is 0 Å². The van der Waals surface area contributed by atoms with Crippen molar-refractivity contribution >= 4 is 0 Å². The molecule has 1 aliphatic carbocycles. The molecule has 2 aromatic rings. The van der Waals surface area contributed by atoms with E-state index in [1.54, 1.807) is 0 Å². The van der Waals surface area contributed by atoms with E-state index >= 15 is 0 Å². The Hall–Kier alpha value is -2.96. The van der Waals surface area contributed by atoms with E-state index in [0.717, 1.165) is 24.0 Å². The first-order valence-corrected chi connectivity index (χ1v) is 8.43. The second-order valence-corrected chi connectivity index (χ2v) is 5.82. The third-order valence-corrected chi connectivity index (χ3v) is 4.03. The summed E-state index contributed by atoms with van der Waals surface area (Å²) in [7, 11) is 0. The molecule has 0 bridgehead atoms. The van der Waals surface area contributed by atoms with Gasteiger partial charge < -0.3 is 0 Å². The molecule has 0 heteroatoms. The van der Waals surface area contributed by atoms with Crippen molar-refractivity contribution in [2.24, 2.45) is 0 Å². The highest BCUT2D eigenvalue weighted by atomic mass is 14.1. The second kappa shape index (κ2) is 8.61. The van der Waals surface area contributed by atoms with Crippen LogP contribution < -0.4 is 0 Å². The summed E-state index contributed by atoms with van der Waals surface area (Å²) in [6.07, 6.45) is 8.82. The molecule has 0 N–H and O–H groups in total. The van der Waals surface area contributed by atoms with Gasteiger partial charge in [-0.25, -0.2) is 0 Å². The molecule has 0 unspecified atom stereocenters. The van der Waals surface area contributed by atoms with E-state index in [1.807, 2.05) is 60.7 Å². The van der Waals surface area contributed by atoms with Gasteiger partial charge in [0, 0.05) is 11.1 Å². The van der Waals surface area contributed by atoms with Gasteiger partial charge in [-0.2, -0.15) is 0 Å². The molecule has 0 amide bonds. The SMILES string of the molecule is C(#Cc1ccccc1)/C=C1/CCCC/C1=C\C#Cc1ccccc1. The minimum absolute atomic E-state index is 1.06. The lowest BCUT2D eigenvalue weighted by Crippen LogP contribution is -1.98. The van der Waals surface area contributed by atoms with Gasteiger partial charge in [-0.05, 0) is 73.2 Å². The largest absolute Gasteiger partial charge is 0.0693 e. The fourth-order valence-corrected chi connectivity index (χ4v) is 2.74.